The molecule has 1 aromatic heterocycles. The lowest BCUT2D eigenvalue weighted by Crippen LogP contribution is -2.13. The normalized spacial score (nSPS) is 19.8. The lowest BCUT2D eigenvalue weighted by molar-refractivity contribution is 0.319. The number of fused-ring (bicyclic) bond motifs is 3. The van der Waals surface area contributed by atoms with Crippen LogP contribution >= 0.6 is 0 Å². The first-order valence-electron chi connectivity index (χ1n) is 11.3. The van der Waals surface area contributed by atoms with Gasteiger partial charge in [-0.15, -0.1) is 0 Å². The molecule has 3 heteroatoms. The predicted octanol–water partition coefficient (Wildman–Crippen LogP) is 7.50. The molecule has 1 saturated carbocycles. The van der Waals surface area contributed by atoms with Crippen LogP contribution in [0, 0.1) is 11.7 Å². The van der Waals surface area contributed by atoms with Crippen molar-refractivity contribution in [3.63, 3.8) is 0 Å². The van der Waals surface area contributed by atoms with Crippen molar-refractivity contribution in [3.8, 4) is 0 Å². The number of rotatable bonds is 6. The minimum Gasteiger partial charge on any atom is -0.419 e. The maximum absolute atomic E-state index is 15.0. The Morgan fingerprint density at radius 2 is 1.72 bits per heavy atom. The van der Waals surface area contributed by atoms with E-state index in [4.69, 9.17) is 4.42 Å². The fourth-order valence-corrected chi connectivity index (χ4v) is 4.94. The third-order valence-corrected chi connectivity index (χ3v) is 6.87. The van der Waals surface area contributed by atoms with Crippen LogP contribution in [0.25, 0.3) is 21.7 Å². The van der Waals surface area contributed by atoms with Gasteiger partial charge in [-0.25, -0.2) is 9.18 Å². The van der Waals surface area contributed by atoms with E-state index < -0.39 is 5.63 Å². The van der Waals surface area contributed by atoms with E-state index >= 15 is 4.39 Å². The Labute approximate surface area is 172 Å². The van der Waals surface area contributed by atoms with Crippen molar-refractivity contribution < 1.29 is 8.81 Å². The Hall–Kier alpha value is -2.16. The molecule has 1 fully saturated rings. The van der Waals surface area contributed by atoms with Crippen LogP contribution in [-0.2, 0) is 6.42 Å². The van der Waals surface area contributed by atoms with Crippen LogP contribution in [-0.4, -0.2) is 0 Å². The number of benzene rings is 2. The summed E-state index contributed by atoms with van der Waals surface area (Å²) in [6, 6.07) is 9.88. The van der Waals surface area contributed by atoms with Crippen LogP contribution < -0.4 is 5.63 Å². The molecule has 1 heterocycles. The number of hydrogen-bond acceptors (Lipinski definition) is 2. The highest BCUT2D eigenvalue weighted by Gasteiger charge is 2.22. The Morgan fingerprint density at radius 3 is 2.45 bits per heavy atom. The number of aryl methyl sites for hydroxylation is 1. The molecule has 0 saturated heterocycles. The maximum atomic E-state index is 15.0. The lowest BCUT2D eigenvalue weighted by Gasteiger charge is -2.28. The molecule has 0 atom stereocenters. The Balaban J connectivity index is 1.71. The van der Waals surface area contributed by atoms with Gasteiger partial charge in [0, 0.05) is 10.8 Å². The largest absolute Gasteiger partial charge is 0.419 e. The zero-order valence-corrected chi connectivity index (χ0v) is 17.6. The second-order valence-corrected chi connectivity index (χ2v) is 8.69. The van der Waals surface area contributed by atoms with Crippen molar-refractivity contribution in [2.45, 2.75) is 77.6 Å². The van der Waals surface area contributed by atoms with Crippen molar-refractivity contribution in [1.29, 1.82) is 0 Å². The van der Waals surface area contributed by atoms with Crippen LogP contribution in [0.3, 0.4) is 0 Å². The zero-order chi connectivity index (χ0) is 20.4. The van der Waals surface area contributed by atoms with Gasteiger partial charge in [0.2, 0.25) is 0 Å². The van der Waals surface area contributed by atoms with E-state index in [9.17, 15) is 4.79 Å². The number of halogens is 1. The SMILES string of the molecule is CCCCCc1ccc2c(oc(=O)c3cc(C4CCC(CC)CC4)ccc32)c1F. The molecule has 0 unspecified atom stereocenters. The van der Waals surface area contributed by atoms with Gasteiger partial charge in [-0.2, -0.15) is 0 Å². The van der Waals surface area contributed by atoms with Gasteiger partial charge in [-0.1, -0.05) is 57.4 Å². The predicted molar refractivity (Wildman–Crippen MR) is 118 cm³/mol. The molecule has 0 spiro atoms. The molecule has 2 aromatic carbocycles. The molecule has 0 bridgehead atoms. The molecule has 0 radical (unpaired) electrons. The van der Waals surface area contributed by atoms with Crippen molar-refractivity contribution in [1.82, 2.24) is 0 Å². The lowest BCUT2D eigenvalue weighted by atomic mass is 9.77. The van der Waals surface area contributed by atoms with Gasteiger partial charge in [0.25, 0.3) is 0 Å². The van der Waals surface area contributed by atoms with Gasteiger partial charge >= 0.3 is 5.63 Å². The molecule has 0 amide bonds. The molecular formula is C26H31FO2. The third kappa shape index (κ3) is 3.97. The Kier molecular flexibility index (Phi) is 6.03. The third-order valence-electron chi connectivity index (χ3n) is 6.87. The second kappa shape index (κ2) is 8.69. The molecule has 2 nitrogen and oxygen atoms in total. The highest BCUT2D eigenvalue weighted by molar-refractivity contribution is 6.04. The van der Waals surface area contributed by atoms with Gasteiger partial charge in [-0.3, -0.25) is 0 Å². The molecular weight excluding hydrogens is 363 g/mol. The van der Waals surface area contributed by atoms with E-state index in [1.165, 1.54) is 37.7 Å². The molecule has 4 rings (SSSR count). The van der Waals surface area contributed by atoms with Crippen LogP contribution in [0.4, 0.5) is 4.39 Å². The van der Waals surface area contributed by atoms with Gasteiger partial charge in [0.05, 0.1) is 5.39 Å². The van der Waals surface area contributed by atoms with Crippen LogP contribution in [0.5, 0.6) is 0 Å². The Bertz CT molecular complexity index is 1060. The standard InChI is InChI=1S/C26H31FO2/c1-3-5-6-7-19-12-15-22-21-14-13-20(18-10-8-17(4-2)9-11-18)16-23(21)26(28)29-25(22)24(19)27/h12-18H,3-11H2,1-2H3. The average Bonchev–Trinajstić information content (AvgIpc) is 2.76. The molecule has 29 heavy (non-hydrogen) atoms. The van der Waals surface area contributed by atoms with Crippen LogP contribution in [0.2, 0.25) is 0 Å². The first kappa shape index (κ1) is 20.1. The summed E-state index contributed by atoms with van der Waals surface area (Å²) in [5.41, 5.74) is 1.53. The second-order valence-electron chi connectivity index (χ2n) is 8.69. The quantitative estimate of drug-likeness (QED) is 0.246. The Morgan fingerprint density at radius 1 is 0.966 bits per heavy atom. The molecule has 154 valence electrons. The van der Waals surface area contributed by atoms with E-state index in [-0.39, 0.29) is 11.4 Å². The minimum atomic E-state index is -0.429. The molecule has 1 aliphatic rings. The highest BCUT2D eigenvalue weighted by atomic mass is 19.1. The van der Waals surface area contributed by atoms with Gasteiger partial charge in [-0.05, 0) is 67.6 Å². The summed E-state index contributed by atoms with van der Waals surface area (Å²) < 4.78 is 20.5. The monoisotopic (exact) mass is 394 g/mol. The van der Waals surface area contributed by atoms with Gasteiger partial charge in [0.15, 0.2) is 11.4 Å². The van der Waals surface area contributed by atoms with Crippen LogP contribution in [0.1, 0.15) is 82.3 Å². The van der Waals surface area contributed by atoms with E-state index in [0.29, 0.717) is 28.7 Å². The maximum Gasteiger partial charge on any atom is 0.344 e. The summed E-state index contributed by atoms with van der Waals surface area (Å²) in [4.78, 5) is 12.7. The summed E-state index contributed by atoms with van der Waals surface area (Å²) in [6.07, 6.45) is 9.93. The summed E-state index contributed by atoms with van der Waals surface area (Å²) in [5, 5.41) is 2.06. The molecule has 1 aliphatic carbocycles. The summed E-state index contributed by atoms with van der Waals surface area (Å²) in [6.45, 7) is 4.40. The topological polar surface area (TPSA) is 30.2 Å². The molecule has 0 aliphatic heterocycles. The first-order chi connectivity index (χ1) is 14.1. The highest BCUT2D eigenvalue weighted by Crippen LogP contribution is 2.38. The zero-order valence-electron chi connectivity index (χ0n) is 17.6. The molecule has 3 aromatic rings. The molecule has 0 N–H and O–H groups in total. The summed E-state index contributed by atoms with van der Waals surface area (Å²) in [7, 11) is 0. The number of unbranched alkanes of at least 4 members (excludes halogenated alkanes) is 2. The number of hydrogen-bond donors (Lipinski definition) is 0. The van der Waals surface area contributed by atoms with Crippen molar-refractivity contribution >= 4 is 21.7 Å². The first-order valence-corrected chi connectivity index (χ1v) is 11.3. The van der Waals surface area contributed by atoms with Crippen molar-refractivity contribution in [3.05, 3.63) is 57.7 Å². The fraction of sp³-hybridized carbons (Fsp3) is 0.500. The fourth-order valence-electron chi connectivity index (χ4n) is 4.94. The van der Waals surface area contributed by atoms with E-state index in [1.807, 2.05) is 24.3 Å². The smallest absolute Gasteiger partial charge is 0.344 e. The van der Waals surface area contributed by atoms with E-state index in [2.05, 4.69) is 19.9 Å². The van der Waals surface area contributed by atoms with Gasteiger partial charge in [0.1, 0.15) is 0 Å². The van der Waals surface area contributed by atoms with E-state index in [1.54, 1.807) is 0 Å². The minimum absolute atomic E-state index is 0.104. The summed E-state index contributed by atoms with van der Waals surface area (Å²) >= 11 is 0. The van der Waals surface area contributed by atoms with Crippen LogP contribution in [0.15, 0.2) is 39.5 Å². The van der Waals surface area contributed by atoms with Crippen molar-refractivity contribution in [2.75, 3.05) is 0 Å². The summed E-state index contributed by atoms with van der Waals surface area (Å²) in [5.74, 6) is 0.977. The van der Waals surface area contributed by atoms with E-state index in [0.717, 1.165) is 30.6 Å². The van der Waals surface area contributed by atoms with Crippen molar-refractivity contribution in [2.24, 2.45) is 5.92 Å². The average molecular weight is 395 g/mol. The van der Waals surface area contributed by atoms with Gasteiger partial charge < -0.3 is 4.42 Å².